The molecule has 28 heavy (non-hydrogen) atoms. The summed E-state index contributed by atoms with van der Waals surface area (Å²) in [5.41, 5.74) is 0.467. The fourth-order valence-electron chi connectivity index (χ4n) is 3.53. The molecule has 0 spiro atoms. The van der Waals surface area contributed by atoms with Crippen LogP contribution in [0.15, 0.2) is 24.3 Å². The SMILES string of the molecule is CCOC(=O)NC1(c2nnnn2-c2ccc(C(=O)OCC)cc2)CCCCC1. The van der Waals surface area contributed by atoms with Gasteiger partial charge in [0.25, 0.3) is 0 Å². The van der Waals surface area contributed by atoms with Crippen LogP contribution in [-0.2, 0) is 15.0 Å². The van der Waals surface area contributed by atoms with E-state index in [2.05, 4.69) is 20.8 Å². The highest BCUT2D eigenvalue weighted by Gasteiger charge is 2.41. The molecule has 2 aromatic rings. The maximum Gasteiger partial charge on any atom is 0.407 e. The van der Waals surface area contributed by atoms with Crippen LogP contribution in [0.2, 0.25) is 0 Å². The molecule has 1 aliphatic rings. The highest BCUT2D eigenvalue weighted by Crippen LogP contribution is 2.36. The van der Waals surface area contributed by atoms with Gasteiger partial charge in [0, 0.05) is 0 Å². The molecule has 0 aliphatic heterocycles. The molecule has 1 amide bonds. The van der Waals surface area contributed by atoms with E-state index in [-0.39, 0.29) is 5.97 Å². The van der Waals surface area contributed by atoms with Crippen molar-refractivity contribution in [3.8, 4) is 5.69 Å². The second kappa shape index (κ2) is 8.81. The molecule has 1 N–H and O–H groups in total. The van der Waals surface area contributed by atoms with Crippen molar-refractivity contribution in [3.63, 3.8) is 0 Å². The molecule has 1 fully saturated rings. The normalized spacial score (nSPS) is 15.6. The lowest BCUT2D eigenvalue weighted by Gasteiger charge is -2.36. The average molecular weight is 387 g/mol. The molecule has 1 saturated carbocycles. The van der Waals surface area contributed by atoms with Crippen molar-refractivity contribution in [2.24, 2.45) is 0 Å². The van der Waals surface area contributed by atoms with Crippen LogP contribution in [-0.4, -0.2) is 45.5 Å². The topological polar surface area (TPSA) is 108 Å². The Balaban J connectivity index is 1.92. The standard InChI is InChI=1S/C19H25N5O4/c1-3-27-16(25)14-8-10-15(11-9-14)24-17(21-22-23-24)19(12-6-5-7-13-19)20-18(26)28-4-2/h8-11H,3-7,12-13H2,1-2H3,(H,20,26). The van der Waals surface area contributed by atoms with Gasteiger partial charge in [-0.1, -0.05) is 19.3 Å². The lowest BCUT2D eigenvalue weighted by atomic mass is 9.81. The number of carbonyl (C=O) groups excluding carboxylic acids is 2. The molecule has 9 nitrogen and oxygen atoms in total. The first-order valence-corrected chi connectivity index (χ1v) is 9.61. The summed E-state index contributed by atoms with van der Waals surface area (Å²) in [7, 11) is 0. The number of hydrogen-bond donors (Lipinski definition) is 1. The summed E-state index contributed by atoms with van der Waals surface area (Å²) < 4.78 is 11.7. The molecular formula is C19H25N5O4. The molecule has 1 aromatic heterocycles. The first-order chi connectivity index (χ1) is 13.6. The van der Waals surface area contributed by atoms with Crippen molar-refractivity contribution >= 4 is 12.1 Å². The Bertz CT molecular complexity index is 812. The Kier molecular flexibility index (Phi) is 6.23. The van der Waals surface area contributed by atoms with Gasteiger partial charge in [-0.05, 0) is 61.4 Å². The second-order valence-electron chi connectivity index (χ2n) is 6.67. The highest BCUT2D eigenvalue weighted by atomic mass is 16.5. The first-order valence-electron chi connectivity index (χ1n) is 9.61. The third kappa shape index (κ3) is 4.13. The Hall–Kier alpha value is -2.97. The zero-order chi connectivity index (χ0) is 20.0. The Labute approximate surface area is 163 Å². The summed E-state index contributed by atoms with van der Waals surface area (Å²) in [6, 6.07) is 6.86. The van der Waals surface area contributed by atoms with E-state index in [1.807, 2.05) is 0 Å². The molecule has 0 radical (unpaired) electrons. The minimum Gasteiger partial charge on any atom is -0.462 e. The van der Waals surface area contributed by atoms with Crippen LogP contribution in [0.5, 0.6) is 0 Å². The van der Waals surface area contributed by atoms with Gasteiger partial charge >= 0.3 is 12.1 Å². The zero-order valence-corrected chi connectivity index (χ0v) is 16.2. The van der Waals surface area contributed by atoms with Crippen molar-refractivity contribution in [2.45, 2.75) is 51.5 Å². The lowest BCUT2D eigenvalue weighted by molar-refractivity contribution is 0.0526. The third-order valence-electron chi connectivity index (χ3n) is 4.84. The molecule has 3 rings (SSSR count). The van der Waals surface area contributed by atoms with Crippen LogP contribution in [0, 0.1) is 0 Å². The van der Waals surface area contributed by atoms with Crippen LogP contribution < -0.4 is 5.32 Å². The van der Waals surface area contributed by atoms with E-state index < -0.39 is 11.6 Å². The summed E-state index contributed by atoms with van der Waals surface area (Å²) in [5.74, 6) is 0.183. The monoisotopic (exact) mass is 387 g/mol. The number of alkyl carbamates (subject to hydrolysis) is 1. The number of carbonyl (C=O) groups is 2. The zero-order valence-electron chi connectivity index (χ0n) is 16.2. The summed E-state index contributed by atoms with van der Waals surface area (Å²) in [5, 5.41) is 15.2. The second-order valence-corrected chi connectivity index (χ2v) is 6.67. The van der Waals surface area contributed by atoms with Crippen molar-refractivity contribution in [2.75, 3.05) is 13.2 Å². The lowest BCUT2D eigenvalue weighted by Crippen LogP contribution is -2.49. The van der Waals surface area contributed by atoms with E-state index in [4.69, 9.17) is 9.47 Å². The molecule has 9 heteroatoms. The van der Waals surface area contributed by atoms with Gasteiger partial charge < -0.3 is 14.8 Å². The summed E-state index contributed by atoms with van der Waals surface area (Å²) in [6.45, 7) is 4.14. The number of nitrogens with one attached hydrogen (secondary N) is 1. The highest BCUT2D eigenvalue weighted by molar-refractivity contribution is 5.89. The van der Waals surface area contributed by atoms with Crippen LogP contribution in [0.1, 0.15) is 62.1 Å². The van der Waals surface area contributed by atoms with Crippen molar-refractivity contribution < 1.29 is 19.1 Å². The van der Waals surface area contributed by atoms with E-state index in [1.54, 1.807) is 42.8 Å². The molecule has 0 saturated heterocycles. The summed E-state index contributed by atoms with van der Waals surface area (Å²) in [4.78, 5) is 24.0. The van der Waals surface area contributed by atoms with Crippen LogP contribution in [0.25, 0.3) is 5.69 Å². The van der Waals surface area contributed by atoms with Gasteiger partial charge in [-0.2, -0.15) is 4.68 Å². The fraction of sp³-hybridized carbons (Fsp3) is 0.526. The summed E-state index contributed by atoms with van der Waals surface area (Å²) >= 11 is 0. The molecule has 150 valence electrons. The number of hydrogen-bond acceptors (Lipinski definition) is 7. The molecule has 0 bridgehead atoms. The van der Waals surface area contributed by atoms with Gasteiger partial charge in [0.15, 0.2) is 5.82 Å². The average Bonchev–Trinajstić information content (AvgIpc) is 3.20. The predicted octanol–water partition coefficient (Wildman–Crippen LogP) is 2.74. The number of ether oxygens (including phenoxy) is 2. The van der Waals surface area contributed by atoms with E-state index in [0.29, 0.717) is 30.3 Å². The number of rotatable bonds is 6. The van der Waals surface area contributed by atoms with Gasteiger partial charge in [-0.3, -0.25) is 0 Å². The molecule has 0 atom stereocenters. The Morgan fingerprint density at radius 3 is 2.39 bits per heavy atom. The number of esters is 1. The van der Waals surface area contributed by atoms with Crippen molar-refractivity contribution in [1.82, 2.24) is 25.5 Å². The van der Waals surface area contributed by atoms with Crippen LogP contribution >= 0.6 is 0 Å². The predicted molar refractivity (Wildman–Crippen MR) is 100 cm³/mol. The number of benzene rings is 1. The number of nitrogens with zero attached hydrogens (tertiary/aromatic N) is 4. The number of tetrazole rings is 1. The van der Waals surface area contributed by atoms with E-state index in [0.717, 1.165) is 32.1 Å². The molecular weight excluding hydrogens is 362 g/mol. The minimum absolute atomic E-state index is 0.294. The maximum atomic E-state index is 12.2. The molecule has 1 aromatic carbocycles. The van der Waals surface area contributed by atoms with E-state index in [1.165, 1.54) is 0 Å². The minimum atomic E-state index is -0.687. The van der Waals surface area contributed by atoms with Gasteiger partial charge in [0.2, 0.25) is 0 Å². The number of aromatic nitrogens is 4. The number of amides is 1. The molecule has 1 aliphatic carbocycles. The molecule has 1 heterocycles. The van der Waals surface area contributed by atoms with Crippen LogP contribution in [0.4, 0.5) is 4.79 Å². The van der Waals surface area contributed by atoms with Crippen molar-refractivity contribution in [1.29, 1.82) is 0 Å². The van der Waals surface area contributed by atoms with Gasteiger partial charge in [0.1, 0.15) is 5.54 Å². The van der Waals surface area contributed by atoms with E-state index in [9.17, 15) is 9.59 Å². The quantitative estimate of drug-likeness (QED) is 0.759. The van der Waals surface area contributed by atoms with E-state index >= 15 is 0 Å². The van der Waals surface area contributed by atoms with Gasteiger partial charge in [-0.25, -0.2) is 9.59 Å². The largest absolute Gasteiger partial charge is 0.462 e. The van der Waals surface area contributed by atoms with Crippen LogP contribution in [0.3, 0.4) is 0 Å². The Morgan fingerprint density at radius 2 is 1.75 bits per heavy atom. The fourth-order valence-corrected chi connectivity index (χ4v) is 3.53. The smallest absolute Gasteiger partial charge is 0.407 e. The summed E-state index contributed by atoms with van der Waals surface area (Å²) in [6.07, 6.45) is 4.00. The maximum absolute atomic E-state index is 12.2. The third-order valence-corrected chi connectivity index (χ3v) is 4.84. The molecule has 0 unspecified atom stereocenters. The first kappa shape index (κ1) is 19.8. The Morgan fingerprint density at radius 1 is 1.07 bits per heavy atom. The van der Waals surface area contributed by atoms with Crippen molar-refractivity contribution in [3.05, 3.63) is 35.7 Å². The van der Waals surface area contributed by atoms with Gasteiger partial charge in [0.05, 0.1) is 24.5 Å². The van der Waals surface area contributed by atoms with Gasteiger partial charge in [-0.15, -0.1) is 5.10 Å².